The molecule has 1 aliphatic carbocycles. The van der Waals surface area contributed by atoms with Gasteiger partial charge in [0.2, 0.25) is 0 Å². The molecule has 27 heavy (non-hydrogen) atoms. The SMILES string of the molecule is C=CC1=CCC2(Cl)C(=O)N(CBr)C(=O)C2(Cl)C1c1ccc(O)c(OCC)c1. The van der Waals surface area contributed by atoms with Gasteiger partial charge in [0.1, 0.15) is 0 Å². The van der Waals surface area contributed by atoms with Gasteiger partial charge in [0.05, 0.1) is 12.1 Å². The van der Waals surface area contributed by atoms with Crippen molar-refractivity contribution in [2.45, 2.75) is 29.0 Å². The lowest BCUT2D eigenvalue weighted by Gasteiger charge is -2.42. The van der Waals surface area contributed by atoms with Crippen molar-refractivity contribution < 1.29 is 19.4 Å². The predicted molar refractivity (Wildman–Crippen MR) is 108 cm³/mol. The molecule has 0 bridgehead atoms. The molecule has 3 atom stereocenters. The number of phenols is 1. The molecule has 0 aromatic heterocycles. The Morgan fingerprint density at radius 3 is 2.70 bits per heavy atom. The molecule has 2 amide bonds. The van der Waals surface area contributed by atoms with Gasteiger partial charge in [-0.2, -0.15) is 0 Å². The fourth-order valence-corrected chi connectivity index (χ4v) is 5.07. The first kappa shape index (κ1) is 20.2. The number of likely N-dealkylation sites (tertiary alicyclic amines) is 1. The number of amides is 2. The molecule has 3 rings (SSSR count). The zero-order chi connectivity index (χ0) is 20.0. The van der Waals surface area contributed by atoms with Crippen LogP contribution in [0.15, 0.2) is 42.5 Å². The molecule has 1 heterocycles. The van der Waals surface area contributed by atoms with Gasteiger partial charge in [0, 0.05) is 5.92 Å². The first-order chi connectivity index (χ1) is 12.8. The molecule has 0 radical (unpaired) electrons. The van der Waals surface area contributed by atoms with Crippen LogP contribution in [0.2, 0.25) is 0 Å². The van der Waals surface area contributed by atoms with Gasteiger partial charge in [-0.3, -0.25) is 14.5 Å². The molecule has 2 aliphatic rings. The van der Waals surface area contributed by atoms with Crippen molar-refractivity contribution in [1.29, 1.82) is 0 Å². The van der Waals surface area contributed by atoms with Crippen LogP contribution in [0, 0.1) is 0 Å². The number of fused-ring (bicyclic) bond motifs is 1. The zero-order valence-corrected chi connectivity index (χ0v) is 17.6. The Bertz CT molecular complexity index is 858. The maximum Gasteiger partial charge on any atom is 0.254 e. The summed E-state index contributed by atoms with van der Waals surface area (Å²) in [7, 11) is 0. The highest BCUT2D eigenvalue weighted by atomic mass is 79.9. The van der Waals surface area contributed by atoms with Crippen LogP contribution in [0.3, 0.4) is 0 Å². The molecular weight excluding hydrogens is 457 g/mol. The van der Waals surface area contributed by atoms with E-state index in [1.54, 1.807) is 31.2 Å². The van der Waals surface area contributed by atoms with Crippen LogP contribution in [-0.4, -0.2) is 43.6 Å². The highest BCUT2D eigenvalue weighted by Gasteiger charge is 2.72. The summed E-state index contributed by atoms with van der Waals surface area (Å²) in [5.74, 6) is -1.60. The average Bonchev–Trinajstić information content (AvgIpc) is 2.80. The van der Waals surface area contributed by atoms with Gasteiger partial charge >= 0.3 is 0 Å². The van der Waals surface area contributed by atoms with Crippen LogP contribution in [0.5, 0.6) is 11.5 Å². The van der Waals surface area contributed by atoms with Gasteiger partial charge in [0.15, 0.2) is 21.2 Å². The average molecular weight is 475 g/mol. The molecule has 1 fully saturated rings. The van der Waals surface area contributed by atoms with E-state index in [1.807, 2.05) is 0 Å². The Labute approximate surface area is 175 Å². The van der Waals surface area contributed by atoms with E-state index in [0.717, 1.165) is 4.90 Å². The standard InChI is InChI=1S/C19H18BrCl2NO4/c1-3-11-7-8-18(21)16(25)23(10-20)17(26)19(18,22)15(11)12-5-6-13(24)14(9-12)27-4-2/h3,5-7,9,15,24H,1,4,8,10H2,2H3. The normalized spacial score (nSPS) is 30.1. The number of hydrogen-bond donors (Lipinski definition) is 1. The number of imide groups is 1. The van der Waals surface area contributed by atoms with Crippen molar-refractivity contribution in [2.24, 2.45) is 0 Å². The van der Waals surface area contributed by atoms with Gasteiger partial charge < -0.3 is 9.84 Å². The first-order valence-electron chi connectivity index (χ1n) is 8.34. The van der Waals surface area contributed by atoms with E-state index >= 15 is 0 Å². The van der Waals surface area contributed by atoms with Crippen LogP contribution in [0.1, 0.15) is 24.8 Å². The Balaban J connectivity index is 2.23. The number of ether oxygens (including phenoxy) is 1. The number of halogens is 3. The third kappa shape index (κ3) is 2.72. The number of benzene rings is 1. The van der Waals surface area contributed by atoms with E-state index in [1.165, 1.54) is 6.07 Å². The van der Waals surface area contributed by atoms with Gasteiger partial charge in [-0.1, -0.05) is 40.7 Å². The number of carbonyl (C=O) groups is 2. The summed E-state index contributed by atoms with van der Waals surface area (Å²) in [5.41, 5.74) is 1.29. The van der Waals surface area contributed by atoms with Crippen LogP contribution in [-0.2, 0) is 9.59 Å². The maximum atomic E-state index is 13.1. The van der Waals surface area contributed by atoms with Crippen LogP contribution >= 0.6 is 39.1 Å². The smallest absolute Gasteiger partial charge is 0.254 e. The summed E-state index contributed by atoms with van der Waals surface area (Å²) in [5, 5.41) is 10.0. The van der Waals surface area contributed by atoms with Crippen LogP contribution in [0.25, 0.3) is 0 Å². The highest BCUT2D eigenvalue weighted by molar-refractivity contribution is 9.09. The third-order valence-corrected chi connectivity index (χ3v) is 6.95. The number of alkyl halides is 3. The largest absolute Gasteiger partial charge is 0.504 e. The van der Waals surface area contributed by atoms with E-state index in [0.29, 0.717) is 17.7 Å². The molecule has 1 aliphatic heterocycles. The van der Waals surface area contributed by atoms with E-state index in [2.05, 4.69) is 22.5 Å². The Morgan fingerprint density at radius 1 is 1.41 bits per heavy atom. The van der Waals surface area contributed by atoms with Gasteiger partial charge in [-0.15, -0.1) is 23.2 Å². The minimum atomic E-state index is -1.72. The second kappa shape index (κ2) is 7.15. The zero-order valence-electron chi connectivity index (χ0n) is 14.5. The van der Waals surface area contributed by atoms with Crippen molar-refractivity contribution in [3.8, 4) is 11.5 Å². The lowest BCUT2D eigenvalue weighted by atomic mass is 9.68. The number of carbonyl (C=O) groups excluding carboxylic acids is 2. The summed E-state index contributed by atoms with van der Waals surface area (Å²) in [6.45, 7) is 5.96. The second-order valence-corrected chi connectivity index (χ2v) is 8.12. The van der Waals surface area contributed by atoms with Gasteiger partial charge in [0.25, 0.3) is 11.8 Å². The lowest BCUT2D eigenvalue weighted by molar-refractivity contribution is -0.138. The Kier molecular flexibility index (Phi) is 5.36. The predicted octanol–water partition coefficient (Wildman–Crippen LogP) is 4.07. The number of nitrogens with zero attached hydrogens (tertiary/aromatic N) is 1. The van der Waals surface area contributed by atoms with Crippen molar-refractivity contribution >= 4 is 50.9 Å². The number of hydrogen-bond acceptors (Lipinski definition) is 4. The molecular formula is C19H18BrCl2NO4. The van der Waals surface area contributed by atoms with Crippen LogP contribution in [0.4, 0.5) is 0 Å². The second-order valence-electron chi connectivity index (χ2n) is 6.38. The molecule has 0 spiro atoms. The quantitative estimate of drug-likeness (QED) is 0.397. The summed E-state index contributed by atoms with van der Waals surface area (Å²) in [6.07, 6.45) is 3.49. The number of allylic oxidation sites excluding steroid dienone is 3. The Hall–Kier alpha value is -1.50. The molecule has 3 unspecified atom stereocenters. The topological polar surface area (TPSA) is 66.8 Å². The molecule has 0 saturated carbocycles. The summed E-state index contributed by atoms with van der Waals surface area (Å²) < 4.78 is 5.46. The molecule has 1 aromatic carbocycles. The fourth-order valence-electron chi connectivity index (χ4n) is 3.74. The minimum Gasteiger partial charge on any atom is -0.504 e. The highest BCUT2D eigenvalue weighted by Crippen LogP contribution is 2.59. The summed E-state index contributed by atoms with van der Waals surface area (Å²) >= 11 is 16.8. The van der Waals surface area contributed by atoms with E-state index in [4.69, 9.17) is 27.9 Å². The number of rotatable bonds is 5. The number of phenolic OH excluding ortho intramolecular Hbond substituents is 1. The van der Waals surface area contributed by atoms with E-state index in [-0.39, 0.29) is 23.4 Å². The first-order valence-corrected chi connectivity index (χ1v) is 10.2. The minimum absolute atomic E-state index is 0.00349. The molecule has 1 saturated heterocycles. The van der Waals surface area contributed by atoms with Crippen molar-refractivity contribution in [2.75, 3.05) is 12.1 Å². The monoisotopic (exact) mass is 473 g/mol. The van der Waals surface area contributed by atoms with Crippen molar-refractivity contribution in [3.63, 3.8) is 0 Å². The van der Waals surface area contributed by atoms with Crippen LogP contribution < -0.4 is 4.74 Å². The maximum absolute atomic E-state index is 13.1. The Morgan fingerprint density at radius 2 is 2.11 bits per heavy atom. The molecule has 8 heteroatoms. The molecule has 1 N–H and O–H groups in total. The summed E-state index contributed by atoms with van der Waals surface area (Å²) in [4.78, 5) is 23.7. The van der Waals surface area contributed by atoms with E-state index in [9.17, 15) is 14.7 Å². The van der Waals surface area contributed by atoms with Gasteiger partial charge in [-0.05, 0) is 36.6 Å². The number of aromatic hydroxyl groups is 1. The van der Waals surface area contributed by atoms with E-state index < -0.39 is 27.5 Å². The lowest BCUT2D eigenvalue weighted by Crippen LogP contribution is -2.54. The summed E-state index contributed by atoms with van der Waals surface area (Å²) in [6, 6.07) is 4.72. The molecule has 144 valence electrons. The van der Waals surface area contributed by atoms with Crippen molar-refractivity contribution in [1.82, 2.24) is 4.90 Å². The third-order valence-electron chi connectivity index (χ3n) is 5.04. The molecule has 5 nitrogen and oxygen atoms in total. The van der Waals surface area contributed by atoms with Gasteiger partial charge in [-0.25, -0.2) is 0 Å². The molecule has 1 aromatic rings. The fraction of sp³-hybridized carbons (Fsp3) is 0.368. The van der Waals surface area contributed by atoms with Crippen molar-refractivity contribution in [3.05, 3.63) is 48.1 Å².